The summed E-state index contributed by atoms with van der Waals surface area (Å²) in [5.41, 5.74) is 6.57. The van der Waals surface area contributed by atoms with Crippen molar-refractivity contribution in [2.24, 2.45) is 5.73 Å². The van der Waals surface area contributed by atoms with Gasteiger partial charge in [-0.25, -0.2) is 15.0 Å². The molecule has 0 spiro atoms. The molecule has 7 nitrogen and oxygen atoms in total. The van der Waals surface area contributed by atoms with Gasteiger partial charge < -0.3 is 16.0 Å². The smallest absolute Gasteiger partial charge is 0.242 e. The summed E-state index contributed by atoms with van der Waals surface area (Å²) in [6.45, 7) is 0. The molecule has 2 heterocycles. The van der Waals surface area contributed by atoms with E-state index in [0.29, 0.717) is 12.2 Å². The molecule has 0 radical (unpaired) electrons. The van der Waals surface area contributed by atoms with Crippen molar-refractivity contribution < 1.29 is 4.79 Å². The number of hydrogen-bond acceptors (Lipinski definition) is 5. The molecule has 0 saturated heterocycles. The van der Waals surface area contributed by atoms with Gasteiger partial charge in [-0.05, 0) is 6.07 Å². The van der Waals surface area contributed by atoms with E-state index in [1.165, 1.54) is 6.33 Å². The van der Waals surface area contributed by atoms with E-state index in [1.54, 1.807) is 24.8 Å². The first-order valence-electron chi connectivity index (χ1n) is 5.05. The number of nitrogens with zero attached hydrogens (tertiary/aromatic N) is 3. The van der Waals surface area contributed by atoms with Crippen LogP contribution < -0.4 is 11.1 Å². The predicted octanol–water partition coefficient (Wildman–Crippen LogP) is -0.292. The van der Waals surface area contributed by atoms with Crippen molar-refractivity contribution in [1.82, 2.24) is 19.9 Å². The van der Waals surface area contributed by atoms with Crippen molar-refractivity contribution in [3.63, 3.8) is 0 Å². The highest BCUT2D eigenvalue weighted by Crippen LogP contribution is 2.01. The Bertz CT molecular complexity index is 469. The van der Waals surface area contributed by atoms with E-state index in [0.717, 1.165) is 5.69 Å². The molecule has 88 valence electrons. The van der Waals surface area contributed by atoms with Gasteiger partial charge in [0.25, 0.3) is 0 Å². The monoisotopic (exact) mass is 232 g/mol. The van der Waals surface area contributed by atoms with Crippen LogP contribution in [0.15, 0.2) is 31.1 Å². The highest BCUT2D eigenvalue weighted by molar-refractivity contribution is 5.93. The molecule has 2 aromatic rings. The Balaban J connectivity index is 1.92. The molecule has 17 heavy (non-hydrogen) atoms. The first-order chi connectivity index (χ1) is 8.25. The molecule has 0 aromatic carbocycles. The van der Waals surface area contributed by atoms with Crippen LogP contribution in [0.25, 0.3) is 0 Å². The predicted molar refractivity (Wildman–Crippen MR) is 60.9 cm³/mol. The molecule has 1 amide bonds. The molecule has 0 aliphatic heterocycles. The van der Waals surface area contributed by atoms with Crippen molar-refractivity contribution in [2.45, 2.75) is 12.5 Å². The zero-order chi connectivity index (χ0) is 12.1. The van der Waals surface area contributed by atoms with Gasteiger partial charge in [0.05, 0.1) is 12.4 Å². The maximum atomic E-state index is 11.7. The van der Waals surface area contributed by atoms with Crippen LogP contribution >= 0.6 is 0 Å². The molecule has 7 heteroatoms. The van der Waals surface area contributed by atoms with Crippen LogP contribution in [-0.4, -0.2) is 31.9 Å². The molecule has 4 N–H and O–H groups in total. The van der Waals surface area contributed by atoms with Crippen LogP contribution in [0.2, 0.25) is 0 Å². The second-order valence-corrected chi connectivity index (χ2v) is 3.47. The highest BCUT2D eigenvalue weighted by atomic mass is 16.2. The quantitative estimate of drug-likeness (QED) is 0.671. The summed E-state index contributed by atoms with van der Waals surface area (Å²) in [5, 5.41) is 2.60. The van der Waals surface area contributed by atoms with Crippen LogP contribution in [0.3, 0.4) is 0 Å². The van der Waals surface area contributed by atoms with Crippen LogP contribution in [0.5, 0.6) is 0 Å². The summed E-state index contributed by atoms with van der Waals surface area (Å²) in [5.74, 6) is 0.142. The van der Waals surface area contributed by atoms with E-state index in [4.69, 9.17) is 5.73 Å². The van der Waals surface area contributed by atoms with Crippen LogP contribution in [0, 0.1) is 0 Å². The Morgan fingerprint density at radius 3 is 3.06 bits per heavy atom. The maximum absolute atomic E-state index is 11.7. The van der Waals surface area contributed by atoms with Gasteiger partial charge >= 0.3 is 0 Å². The average Bonchev–Trinajstić information content (AvgIpc) is 2.83. The Kier molecular flexibility index (Phi) is 3.41. The molecular weight excluding hydrogens is 220 g/mol. The van der Waals surface area contributed by atoms with Gasteiger partial charge in [-0.15, -0.1) is 0 Å². The molecule has 0 aliphatic carbocycles. The third-order valence-corrected chi connectivity index (χ3v) is 2.16. The molecule has 0 unspecified atom stereocenters. The van der Waals surface area contributed by atoms with E-state index in [9.17, 15) is 4.79 Å². The maximum Gasteiger partial charge on any atom is 0.242 e. The van der Waals surface area contributed by atoms with Gasteiger partial charge in [-0.1, -0.05) is 0 Å². The number of anilines is 1. The van der Waals surface area contributed by atoms with Crippen LogP contribution in [-0.2, 0) is 11.2 Å². The molecule has 0 bridgehead atoms. The fourth-order valence-corrected chi connectivity index (χ4v) is 1.31. The van der Waals surface area contributed by atoms with Crippen molar-refractivity contribution in [2.75, 3.05) is 5.32 Å². The summed E-state index contributed by atoms with van der Waals surface area (Å²) in [6.07, 6.45) is 6.48. The molecule has 1 atom stereocenters. The lowest BCUT2D eigenvalue weighted by molar-refractivity contribution is -0.117. The van der Waals surface area contributed by atoms with Crippen LogP contribution in [0.4, 0.5) is 5.82 Å². The zero-order valence-corrected chi connectivity index (χ0v) is 9.00. The third kappa shape index (κ3) is 3.08. The molecule has 2 rings (SSSR count). The van der Waals surface area contributed by atoms with Gasteiger partial charge in [0.15, 0.2) is 0 Å². The Morgan fingerprint density at radius 1 is 1.53 bits per heavy atom. The van der Waals surface area contributed by atoms with Gasteiger partial charge in [0.1, 0.15) is 12.1 Å². The fraction of sp³-hybridized carbons (Fsp3) is 0.200. The lowest BCUT2D eigenvalue weighted by Gasteiger charge is -2.10. The highest BCUT2D eigenvalue weighted by Gasteiger charge is 2.15. The number of imidazole rings is 1. The lowest BCUT2D eigenvalue weighted by Crippen LogP contribution is -2.37. The average molecular weight is 232 g/mol. The fourth-order valence-electron chi connectivity index (χ4n) is 1.31. The minimum Gasteiger partial charge on any atom is -0.348 e. The van der Waals surface area contributed by atoms with E-state index in [2.05, 4.69) is 25.3 Å². The van der Waals surface area contributed by atoms with Gasteiger partial charge in [0, 0.05) is 24.5 Å². The zero-order valence-electron chi connectivity index (χ0n) is 9.00. The number of nitrogens with one attached hydrogen (secondary N) is 2. The summed E-state index contributed by atoms with van der Waals surface area (Å²) in [7, 11) is 0. The van der Waals surface area contributed by atoms with E-state index in [1.807, 2.05) is 0 Å². The Hall–Kier alpha value is -2.28. The summed E-state index contributed by atoms with van der Waals surface area (Å²) < 4.78 is 0. The van der Waals surface area contributed by atoms with E-state index in [-0.39, 0.29) is 5.91 Å². The van der Waals surface area contributed by atoms with E-state index >= 15 is 0 Å². The number of hydrogen-bond donors (Lipinski definition) is 3. The molecular formula is C10H12N6O. The van der Waals surface area contributed by atoms with Gasteiger partial charge in [-0.3, -0.25) is 4.79 Å². The molecule has 2 aromatic heterocycles. The number of amides is 1. The van der Waals surface area contributed by atoms with Crippen molar-refractivity contribution >= 4 is 11.7 Å². The number of carbonyl (C=O) groups excluding carboxylic acids is 1. The second-order valence-electron chi connectivity index (χ2n) is 3.47. The third-order valence-electron chi connectivity index (χ3n) is 2.16. The molecule has 0 aliphatic rings. The first-order valence-corrected chi connectivity index (χ1v) is 5.05. The van der Waals surface area contributed by atoms with E-state index < -0.39 is 6.04 Å². The lowest BCUT2D eigenvalue weighted by atomic mass is 10.1. The normalized spacial score (nSPS) is 12.1. The SMILES string of the molecule is N[C@@H](Cc1cnc[nH]1)C(=O)Nc1ccncn1. The van der Waals surface area contributed by atoms with Crippen molar-refractivity contribution in [3.8, 4) is 0 Å². The number of rotatable bonds is 4. The Morgan fingerprint density at radius 2 is 2.41 bits per heavy atom. The second kappa shape index (κ2) is 5.17. The van der Waals surface area contributed by atoms with Gasteiger partial charge in [-0.2, -0.15) is 0 Å². The number of H-pyrrole nitrogens is 1. The van der Waals surface area contributed by atoms with Crippen molar-refractivity contribution in [3.05, 3.63) is 36.8 Å². The van der Waals surface area contributed by atoms with Crippen molar-refractivity contribution in [1.29, 1.82) is 0 Å². The largest absolute Gasteiger partial charge is 0.348 e. The standard InChI is InChI=1S/C10H12N6O/c11-8(3-7-4-13-6-14-7)10(17)16-9-1-2-12-5-15-9/h1-2,4-6,8H,3,11H2,(H,13,14)(H,12,15,16,17)/t8-/m0/s1. The minimum atomic E-state index is -0.648. The number of carbonyl (C=O) groups is 1. The molecule has 0 saturated carbocycles. The Labute approximate surface area is 97.5 Å². The summed E-state index contributed by atoms with van der Waals surface area (Å²) in [4.78, 5) is 26.1. The molecule has 0 fully saturated rings. The first kappa shape index (κ1) is 11.2. The van der Waals surface area contributed by atoms with Crippen LogP contribution in [0.1, 0.15) is 5.69 Å². The van der Waals surface area contributed by atoms with Gasteiger partial charge in [0.2, 0.25) is 5.91 Å². The summed E-state index contributed by atoms with van der Waals surface area (Å²) in [6, 6.07) is 0.950. The topological polar surface area (TPSA) is 110 Å². The number of nitrogens with two attached hydrogens (primary N) is 1. The minimum absolute atomic E-state index is 0.293. The summed E-state index contributed by atoms with van der Waals surface area (Å²) >= 11 is 0. The number of aromatic nitrogens is 4. The number of aromatic amines is 1.